The van der Waals surface area contributed by atoms with E-state index in [0.717, 1.165) is 12.8 Å². The molecule has 4 aliphatic rings. The van der Waals surface area contributed by atoms with E-state index in [2.05, 4.69) is 19.9 Å². The van der Waals surface area contributed by atoms with Crippen LogP contribution in [0.2, 0.25) is 0 Å². The van der Waals surface area contributed by atoms with E-state index in [9.17, 15) is 9.90 Å². The van der Waals surface area contributed by atoms with Crippen molar-refractivity contribution < 1.29 is 24.1 Å². The molecule has 0 unspecified atom stereocenters. The van der Waals surface area contributed by atoms with Crippen LogP contribution >= 0.6 is 0 Å². The standard InChI is InChI=1S/C17H23O5/c1-9-5-6-15(3)11(7-9)22-14-12(19)13(21-10(2)18)16(15,4)17(14)8-20-17/h7,11-14,19H,3,5-6,8H2,1-2,4H3/t11-,12-,13-,14-,15+,16-,17+/m1/s1. The van der Waals surface area contributed by atoms with Crippen LogP contribution in [0.15, 0.2) is 11.6 Å². The minimum Gasteiger partial charge on any atom is -0.459 e. The van der Waals surface area contributed by atoms with Gasteiger partial charge in [0.05, 0.1) is 12.7 Å². The molecule has 0 aromatic heterocycles. The van der Waals surface area contributed by atoms with Crippen LogP contribution in [-0.2, 0) is 19.0 Å². The third-order valence-corrected chi connectivity index (χ3v) is 6.55. The number of rotatable bonds is 1. The van der Waals surface area contributed by atoms with Crippen molar-refractivity contribution in [3.8, 4) is 0 Å². The summed E-state index contributed by atoms with van der Waals surface area (Å²) in [5.74, 6) is -0.392. The first-order valence-corrected chi connectivity index (χ1v) is 7.94. The molecule has 1 radical (unpaired) electrons. The maximum absolute atomic E-state index is 11.6. The summed E-state index contributed by atoms with van der Waals surface area (Å²) in [6.07, 6.45) is 1.70. The zero-order valence-corrected chi connectivity index (χ0v) is 13.3. The third kappa shape index (κ3) is 1.43. The van der Waals surface area contributed by atoms with Crippen molar-refractivity contribution in [2.75, 3.05) is 6.61 Å². The lowest BCUT2D eigenvalue weighted by Crippen LogP contribution is -2.64. The van der Waals surface area contributed by atoms with E-state index in [4.69, 9.17) is 14.2 Å². The summed E-state index contributed by atoms with van der Waals surface area (Å²) < 4.78 is 17.6. The Kier molecular flexibility index (Phi) is 2.76. The molecule has 1 spiro atoms. The van der Waals surface area contributed by atoms with Gasteiger partial charge in [-0.1, -0.05) is 18.6 Å². The van der Waals surface area contributed by atoms with E-state index in [1.54, 1.807) is 0 Å². The number of aliphatic hydroxyl groups is 1. The summed E-state index contributed by atoms with van der Waals surface area (Å²) in [5.41, 5.74) is -0.338. The predicted molar refractivity (Wildman–Crippen MR) is 77.8 cm³/mol. The number of allylic oxidation sites excluding steroid dienone is 1. The number of carbonyl (C=O) groups excluding carboxylic acids is 1. The Morgan fingerprint density at radius 2 is 2.23 bits per heavy atom. The molecule has 0 aromatic carbocycles. The van der Waals surface area contributed by atoms with Gasteiger partial charge in [-0.2, -0.15) is 0 Å². The van der Waals surface area contributed by atoms with Gasteiger partial charge in [-0.15, -0.1) is 0 Å². The van der Waals surface area contributed by atoms with Crippen molar-refractivity contribution in [2.45, 2.75) is 63.6 Å². The Morgan fingerprint density at radius 3 is 2.82 bits per heavy atom. The number of fused-ring (bicyclic) bond motifs is 2. The first-order chi connectivity index (χ1) is 10.3. The highest BCUT2D eigenvalue weighted by atomic mass is 16.6. The molecule has 2 bridgehead atoms. The van der Waals surface area contributed by atoms with E-state index < -0.39 is 40.7 Å². The van der Waals surface area contributed by atoms with Crippen molar-refractivity contribution in [1.29, 1.82) is 0 Å². The van der Waals surface area contributed by atoms with E-state index in [0.29, 0.717) is 6.61 Å². The number of esters is 1. The van der Waals surface area contributed by atoms with Crippen LogP contribution in [0, 0.1) is 17.8 Å². The van der Waals surface area contributed by atoms with Crippen LogP contribution in [0.1, 0.15) is 33.6 Å². The lowest BCUT2D eigenvalue weighted by atomic mass is 9.52. The Balaban J connectivity index is 1.86. The average molecular weight is 307 g/mol. The summed E-state index contributed by atoms with van der Waals surface area (Å²) in [4.78, 5) is 11.6. The maximum atomic E-state index is 11.6. The summed E-state index contributed by atoms with van der Waals surface area (Å²) >= 11 is 0. The summed E-state index contributed by atoms with van der Waals surface area (Å²) in [7, 11) is 0. The van der Waals surface area contributed by atoms with Gasteiger partial charge in [-0.3, -0.25) is 4.79 Å². The monoisotopic (exact) mass is 307 g/mol. The fourth-order valence-electron chi connectivity index (χ4n) is 5.06. The summed E-state index contributed by atoms with van der Waals surface area (Å²) in [6.45, 7) is 10.5. The van der Waals surface area contributed by atoms with Crippen LogP contribution in [-0.4, -0.2) is 47.7 Å². The second kappa shape index (κ2) is 4.13. The van der Waals surface area contributed by atoms with Gasteiger partial charge in [-0.25, -0.2) is 0 Å². The number of carbonyl (C=O) groups is 1. The van der Waals surface area contributed by atoms with Crippen molar-refractivity contribution in [3.05, 3.63) is 18.6 Å². The zero-order valence-electron chi connectivity index (χ0n) is 13.3. The second-order valence-corrected chi connectivity index (χ2v) is 7.55. The molecule has 22 heavy (non-hydrogen) atoms. The molecule has 4 rings (SSSR count). The van der Waals surface area contributed by atoms with Gasteiger partial charge in [0, 0.05) is 17.8 Å². The van der Waals surface area contributed by atoms with Gasteiger partial charge in [0.1, 0.15) is 23.9 Å². The number of hydrogen-bond acceptors (Lipinski definition) is 5. The average Bonchev–Trinajstić information content (AvgIpc) is 3.22. The van der Waals surface area contributed by atoms with Gasteiger partial charge in [-0.05, 0) is 26.7 Å². The third-order valence-electron chi connectivity index (χ3n) is 6.55. The normalized spacial score (nSPS) is 55.6. The van der Waals surface area contributed by atoms with E-state index in [-0.39, 0.29) is 6.10 Å². The molecular weight excluding hydrogens is 284 g/mol. The number of ether oxygens (including phenoxy) is 3. The van der Waals surface area contributed by atoms with Gasteiger partial charge in [0.15, 0.2) is 0 Å². The Morgan fingerprint density at radius 1 is 1.55 bits per heavy atom. The molecule has 1 saturated carbocycles. The quantitative estimate of drug-likeness (QED) is 0.450. The van der Waals surface area contributed by atoms with Crippen molar-refractivity contribution in [1.82, 2.24) is 0 Å². The smallest absolute Gasteiger partial charge is 0.303 e. The second-order valence-electron chi connectivity index (χ2n) is 7.55. The SMILES string of the molecule is [CH2][C@]12CCC(C)=C[C@H]1O[C@@H]1[C@H](O)[C@@H](OC(C)=O)[C@@]2(C)[C@]12CO2. The van der Waals surface area contributed by atoms with E-state index >= 15 is 0 Å². The number of aliphatic hydroxyl groups excluding tert-OH is 1. The molecule has 3 fully saturated rings. The Hall–Kier alpha value is -0.910. The molecule has 2 aliphatic heterocycles. The van der Waals surface area contributed by atoms with Crippen LogP contribution in [0.4, 0.5) is 0 Å². The minimum atomic E-state index is -0.880. The lowest BCUT2D eigenvalue weighted by Gasteiger charge is -2.56. The molecule has 0 amide bonds. The summed E-state index contributed by atoms with van der Waals surface area (Å²) in [6, 6.07) is 0. The fourth-order valence-corrected chi connectivity index (χ4v) is 5.06. The summed E-state index contributed by atoms with van der Waals surface area (Å²) in [5, 5.41) is 10.7. The van der Waals surface area contributed by atoms with Gasteiger partial charge in [0.25, 0.3) is 0 Å². The van der Waals surface area contributed by atoms with Crippen LogP contribution in [0.3, 0.4) is 0 Å². The van der Waals surface area contributed by atoms with Crippen molar-refractivity contribution >= 4 is 5.97 Å². The lowest BCUT2D eigenvalue weighted by molar-refractivity contribution is -0.200. The highest BCUT2D eigenvalue weighted by Gasteiger charge is 2.84. The molecular formula is C17H23O5. The highest BCUT2D eigenvalue weighted by molar-refractivity contribution is 5.66. The first kappa shape index (κ1) is 14.7. The largest absolute Gasteiger partial charge is 0.459 e. The number of hydrogen-bond donors (Lipinski definition) is 1. The molecule has 1 N–H and O–H groups in total. The van der Waals surface area contributed by atoms with Crippen molar-refractivity contribution in [2.24, 2.45) is 10.8 Å². The molecule has 2 aliphatic carbocycles. The van der Waals surface area contributed by atoms with E-state index in [1.165, 1.54) is 12.5 Å². The van der Waals surface area contributed by atoms with Crippen LogP contribution < -0.4 is 0 Å². The van der Waals surface area contributed by atoms with Crippen LogP contribution in [0.25, 0.3) is 0 Å². The molecule has 7 atom stereocenters. The molecule has 2 saturated heterocycles. The number of epoxide rings is 1. The van der Waals surface area contributed by atoms with Gasteiger partial charge < -0.3 is 19.3 Å². The predicted octanol–water partition coefficient (Wildman–Crippen LogP) is 1.40. The molecule has 5 nitrogen and oxygen atoms in total. The zero-order chi connectivity index (χ0) is 15.9. The highest BCUT2D eigenvalue weighted by Crippen LogP contribution is 2.71. The van der Waals surface area contributed by atoms with Gasteiger partial charge >= 0.3 is 5.97 Å². The van der Waals surface area contributed by atoms with Crippen molar-refractivity contribution in [3.63, 3.8) is 0 Å². The van der Waals surface area contributed by atoms with E-state index in [1.807, 2.05) is 6.92 Å². The molecule has 0 aromatic rings. The topological polar surface area (TPSA) is 68.3 Å². The maximum Gasteiger partial charge on any atom is 0.303 e. The minimum absolute atomic E-state index is 0.179. The Bertz CT molecular complexity index is 565. The molecule has 2 heterocycles. The fraction of sp³-hybridized carbons (Fsp3) is 0.765. The first-order valence-electron chi connectivity index (χ1n) is 7.94. The van der Waals surface area contributed by atoms with Gasteiger partial charge in [0.2, 0.25) is 0 Å². The van der Waals surface area contributed by atoms with Crippen LogP contribution in [0.5, 0.6) is 0 Å². The Labute approximate surface area is 130 Å². The molecule has 5 heteroatoms. The molecule has 121 valence electrons.